The smallest absolute Gasteiger partial charge is 0.416 e. The Labute approximate surface area is 179 Å². The van der Waals surface area contributed by atoms with Crippen LogP contribution >= 0.6 is 11.6 Å². The molecule has 1 heterocycles. The number of aromatic nitrogens is 1. The van der Waals surface area contributed by atoms with Gasteiger partial charge in [-0.15, -0.1) is 0 Å². The van der Waals surface area contributed by atoms with Gasteiger partial charge in [0.2, 0.25) is 0 Å². The second-order valence-corrected chi connectivity index (χ2v) is 6.55. The predicted molar refractivity (Wildman–Crippen MR) is 108 cm³/mol. The lowest BCUT2D eigenvalue weighted by Crippen LogP contribution is -2.20. The van der Waals surface area contributed by atoms with Crippen LogP contribution in [0.2, 0.25) is 5.02 Å². The molecule has 7 nitrogen and oxygen atoms in total. The molecule has 0 unspecified atom stereocenters. The van der Waals surface area contributed by atoms with E-state index in [0.717, 1.165) is 18.2 Å². The van der Waals surface area contributed by atoms with Crippen LogP contribution in [0, 0.1) is 0 Å². The Morgan fingerprint density at radius 3 is 2.32 bits per heavy atom. The average Bonchev–Trinajstić information content (AvgIpc) is 2.70. The summed E-state index contributed by atoms with van der Waals surface area (Å²) in [5.41, 5.74) is 4.44. The number of carbonyl (C=O) groups excluding carboxylic acids is 2. The summed E-state index contributed by atoms with van der Waals surface area (Å²) in [6, 6.07) is 10.8. The maximum atomic E-state index is 12.8. The molecule has 0 bridgehead atoms. The molecule has 3 amide bonds. The quantitative estimate of drug-likeness (QED) is 0.491. The summed E-state index contributed by atoms with van der Waals surface area (Å²) < 4.78 is 44.1. The number of carbonyl (C=O) groups is 2. The van der Waals surface area contributed by atoms with Crippen LogP contribution in [0.1, 0.15) is 16.1 Å². The summed E-state index contributed by atoms with van der Waals surface area (Å²) in [7, 11) is 0. The zero-order valence-corrected chi connectivity index (χ0v) is 16.3. The Hall–Kier alpha value is -3.79. The number of nitrogens with two attached hydrogens (primary N) is 1. The number of halogens is 4. The first-order chi connectivity index (χ1) is 14.6. The molecule has 0 saturated heterocycles. The number of ether oxygens (including phenoxy) is 1. The van der Waals surface area contributed by atoms with Gasteiger partial charge >= 0.3 is 12.2 Å². The van der Waals surface area contributed by atoms with Crippen molar-refractivity contribution in [1.82, 2.24) is 4.98 Å². The minimum absolute atomic E-state index is 0.0421. The van der Waals surface area contributed by atoms with Gasteiger partial charge in [0.1, 0.15) is 17.2 Å². The van der Waals surface area contributed by atoms with Gasteiger partial charge in [-0.1, -0.05) is 11.6 Å². The number of benzene rings is 2. The minimum atomic E-state index is -4.57. The lowest BCUT2D eigenvalue weighted by molar-refractivity contribution is -0.137. The van der Waals surface area contributed by atoms with Gasteiger partial charge in [-0.3, -0.25) is 9.78 Å². The number of primary amides is 1. The number of hydrogen-bond acceptors (Lipinski definition) is 4. The van der Waals surface area contributed by atoms with Crippen molar-refractivity contribution in [2.75, 3.05) is 10.6 Å². The number of anilines is 2. The van der Waals surface area contributed by atoms with E-state index in [-0.39, 0.29) is 16.4 Å². The molecular weight excluding hydrogens is 437 g/mol. The number of urea groups is 1. The number of nitrogens with one attached hydrogen (secondary N) is 2. The molecule has 3 aromatic rings. The fraction of sp³-hybridized carbons (Fsp3) is 0.0500. The van der Waals surface area contributed by atoms with Crippen molar-refractivity contribution in [3.63, 3.8) is 0 Å². The second-order valence-electron chi connectivity index (χ2n) is 6.14. The third-order valence-electron chi connectivity index (χ3n) is 3.87. The Bertz CT molecular complexity index is 1120. The molecule has 0 fully saturated rings. The molecule has 4 N–H and O–H groups in total. The molecule has 2 aromatic carbocycles. The highest BCUT2D eigenvalue weighted by atomic mass is 35.5. The summed E-state index contributed by atoms with van der Waals surface area (Å²) in [5.74, 6) is 0.0341. The van der Waals surface area contributed by atoms with Crippen LogP contribution in [0.5, 0.6) is 11.5 Å². The standard InChI is InChI=1S/C20H14ClF3N4O3/c21-15-6-1-11(20(22,23)24)9-16(15)28-19(30)27-12-2-4-13(5-3-12)31-14-7-8-26-17(10-14)18(25)29/h1-10H,(H2,25,29)(H2,27,28,30). The van der Waals surface area contributed by atoms with Crippen LogP contribution in [-0.4, -0.2) is 16.9 Å². The van der Waals surface area contributed by atoms with E-state index in [9.17, 15) is 22.8 Å². The van der Waals surface area contributed by atoms with Gasteiger partial charge in [-0.25, -0.2) is 4.79 Å². The molecular formula is C20H14ClF3N4O3. The van der Waals surface area contributed by atoms with Crippen LogP contribution in [0.25, 0.3) is 0 Å². The first-order valence-corrected chi connectivity index (χ1v) is 8.98. The first-order valence-electron chi connectivity index (χ1n) is 8.60. The van der Waals surface area contributed by atoms with Gasteiger partial charge in [0, 0.05) is 18.0 Å². The lowest BCUT2D eigenvalue weighted by atomic mass is 10.2. The van der Waals surface area contributed by atoms with Crippen molar-refractivity contribution in [1.29, 1.82) is 0 Å². The number of pyridine rings is 1. The molecule has 0 saturated carbocycles. The van der Waals surface area contributed by atoms with E-state index in [4.69, 9.17) is 22.1 Å². The molecule has 0 radical (unpaired) electrons. The average molecular weight is 451 g/mol. The molecule has 0 spiro atoms. The fourth-order valence-electron chi connectivity index (χ4n) is 2.43. The summed E-state index contributed by atoms with van der Waals surface area (Å²) in [6.07, 6.45) is -3.20. The van der Waals surface area contributed by atoms with E-state index in [2.05, 4.69) is 15.6 Å². The summed E-state index contributed by atoms with van der Waals surface area (Å²) in [4.78, 5) is 27.1. The number of hydrogen-bond donors (Lipinski definition) is 3. The molecule has 0 aliphatic carbocycles. The SMILES string of the molecule is NC(=O)c1cc(Oc2ccc(NC(=O)Nc3cc(C(F)(F)F)ccc3Cl)cc2)ccn1. The maximum Gasteiger partial charge on any atom is 0.416 e. The highest BCUT2D eigenvalue weighted by molar-refractivity contribution is 6.33. The van der Waals surface area contributed by atoms with E-state index < -0.39 is 23.7 Å². The van der Waals surface area contributed by atoms with Crippen molar-refractivity contribution in [2.24, 2.45) is 5.73 Å². The van der Waals surface area contributed by atoms with E-state index in [1.165, 1.54) is 42.6 Å². The molecule has 1 aromatic heterocycles. The van der Waals surface area contributed by atoms with Crippen molar-refractivity contribution in [2.45, 2.75) is 6.18 Å². The molecule has 3 rings (SSSR count). The van der Waals surface area contributed by atoms with Gasteiger partial charge in [-0.2, -0.15) is 13.2 Å². The highest BCUT2D eigenvalue weighted by Gasteiger charge is 2.31. The van der Waals surface area contributed by atoms with Crippen LogP contribution < -0.4 is 21.1 Å². The summed E-state index contributed by atoms with van der Waals surface area (Å²) in [6.45, 7) is 0. The Balaban J connectivity index is 1.64. The van der Waals surface area contributed by atoms with Crippen molar-refractivity contribution < 1.29 is 27.5 Å². The van der Waals surface area contributed by atoms with Crippen LogP contribution in [-0.2, 0) is 6.18 Å². The van der Waals surface area contributed by atoms with Crippen LogP contribution in [0.15, 0.2) is 60.8 Å². The van der Waals surface area contributed by atoms with Gasteiger partial charge in [0.05, 0.1) is 16.3 Å². The number of alkyl halides is 3. The topological polar surface area (TPSA) is 106 Å². The zero-order chi connectivity index (χ0) is 22.6. The van der Waals surface area contributed by atoms with E-state index in [1.807, 2.05) is 0 Å². The highest BCUT2D eigenvalue weighted by Crippen LogP contribution is 2.34. The van der Waals surface area contributed by atoms with Gasteiger partial charge in [0.25, 0.3) is 5.91 Å². The molecule has 0 atom stereocenters. The number of amides is 3. The van der Waals surface area contributed by atoms with E-state index in [1.54, 1.807) is 0 Å². The monoisotopic (exact) mass is 450 g/mol. The lowest BCUT2D eigenvalue weighted by Gasteiger charge is -2.12. The molecule has 11 heteroatoms. The first kappa shape index (κ1) is 21.9. The van der Waals surface area contributed by atoms with E-state index >= 15 is 0 Å². The molecule has 0 aliphatic heterocycles. The van der Waals surface area contributed by atoms with Gasteiger partial charge in [-0.05, 0) is 48.5 Å². The normalized spacial score (nSPS) is 11.0. The minimum Gasteiger partial charge on any atom is -0.457 e. The second kappa shape index (κ2) is 8.92. The molecule has 31 heavy (non-hydrogen) atoms. The Kier molecular flexibility index (Phi) is 6.30. The maximum absolute atomic E-state index is 12.8. The van der Waals surface area contributed by atoms with Crippen LogP contribution in [0.3, 0.4) is 0 Å². The van der Waals surface area contributed by atoms with Crippen molar-refractivity contribution in [3.8, 4) is 11.5 Å². The zero-order valence-electron chi connectivity index (χ0n) is 15.5. The molecule has 160 valence electrons. The molecule has 0 aliphatic rings. The largest absolute Gasteiger partial charge is 0.457 e. The van der Waals surface area contributed by atoms with Gasteiger partial charge in [0.15, 0.2) is 0 Å². The number of nitrogens with zero attached hydrogens (tertiary/aromatic N) is 1. The Morgan fingerprint density at radius 2 is 1.68 bits per heavy atom. The van der Waals surface area contributed by atoms with Crippen molar-refractivity contribution >= 4 is 34.9 Å². The van der Waals surface area contributed by atoms with Crippen molar-refractivity contribution in [3.05, 3.63) is 77.1 Å². The Morgan fingerprint density at radius 1 is 0.968 bits per heavy atom. The fourth-order valence-corrected chi connectivity index (χ4v) is 2.60. The summed E-state index contributed by atoms with van der Waals surface area (Å²) in [5, 5.41) is 4.71. The van der Waals surface area contributed by atoms with E-state index in [0.29, 0.717) is 17.2 Å². The summed E-state index contributed by atoms with van der Waals surface area (Å²) >= 11 is 5.86. The predicted octanol–water partition coefficient (Wildman–Crippen LogP) is 5.29. The van der Waals surface area contributed by atoms with Crippen LogP contribution in [0.4, 0.5) is 29.3 Å². The third-order valence-corrected chi connectivity index (χ3v) is 4.20. The third kappa shape index (κ3) is 5.86. The van der Waals surface area contributed by atoms with Gasteiger partial charge < -0.3 is 21.1 Å². The number of rotatable bonds is 5.